The van der Waals surface area contributed by atoms with Gasteiger partial charge in [-0.15, -0.1) is 0 Å². The zero-order chi connectivity index (χ0) is 13.8. The zero-order valence-electron chi connectivity index (χ0n) is 12.0. The Hall–Kier alpha value is -1.38. The van der Waals surface area contributed by atoms with Crippen molar-refractivity contribution in [2.45, 2.75) is 19.3 Å². The van der Waals surface area contributed by atoms with E-state index in [4.69, 9.17) is 0 Å². The van der Waals surface area contributed by atoms with Crippen LogP contribution in [0.3, 0.4) is 0 Å². The first kappa shape index (κ1) is 13.6. The summed E-state index contributed by atoms with van der Waals surface area (Å²) in [6, 6.07) is 15.2. The van der Waals surface area contributed by atoms with Crippen LogP contribution in [0.1, 0.15) is 18.4 Å². The van der Waals surface area contributed by atoms with Crippen molar-refractivity contribution in [1.29, 1.82) is 0 Å². The maximum absolute atomic E-state index is 9.18. The average Bonchev–Trinajstić information content (AvgIpc) is 2.95. The van der Waals surface area contributed by atoms with Crippen LogP contribution >= 0.6 is 0 Å². The van der Waals surface area contributed by atoms with E-state index in [9.17, 15) is 5.11 Å². The van der Waals surface area contributed by atoms with Gasteiger partial charge in [0.25, 0.3) is 0 Å². The molecule has 20 heavy (non-hydrogen) atoms. The fraction of sp³-hybridized carbons (Fsp3) is 0.444. The molecular weight excluding hydrogens is 246 g/mol. The largest absolute Gasteiger partial charge is 0.396 e. The van der Waals surface area contributed by atoms with E-state index in [-0.39, 0.29) is 0 Å². The number of aliphatic hydroxyl groups is 1. The van der Waals surface area contributed by atoms with Gasteiger partial charge in [0.1, 0.15) is 0 Å². The molecule has 0 radical (unpaired) electrons. The molecule has 2 nitrogen and oxygen atoms in total. The molecule has 1 unspecified atom stereocenters. The molecule has 0 saturated carbocycles. The Balaban J connectivity index is 1.58. The highest BCUT2D eigenvalue weighted by Gasteiger charge is 2.20. The molecule has 1 aliphatic rings. The number of likely N-dealkylation sites (tertiary alicyclic amines) is 1. The lowest BCUT2D eigenvalue weighted by molar-refractivity contribution is 0.221. The summed E-state index contributed by atoms with van der Waals surface area (Å²) in [5.41, 5.74) is 1.46. The number of rotatable bonds is 5. The van der Waals surface area contributed by atoms with Gasteiger partial charge in [0, 0.05) is 13.2 Å². The van der Waals surface area contributed by atoms with Gasteiger partial charge >= 0.3 is 0 Å². The van der Waals surface area contributed by atoms with Crippen LogP contribution in [-0.4, -0.2) is 36.2 Å². The van der Waals surface area contributed by atoms with Crippen molar-refractivity contribution in [2.24, 2.45) is 5.92 Å². The maximum Gasteiger partial charge on any atom is 0.0471 e. The summed E-state index contributed by atoms with van der Waals surface area (Å²) in [6.45, 7) is 3.73. The highest BCUT2D eigenvalue weighted by Crippen LogP contribution is 2.21. The Kier molecular flexibility index (Phi) is 4.34. The minimum atomic E-state index is 0.347. The molecule has 2 aromatic rings. The summed E-state index contributed by atoms with van der Waals surface area (Å²) < 4.78 is 0. The van der Waals surface area contributed by atoms with Gasteiger partial charge in [-0.1, -0.05) is 42.5 Å². The van der Waals surface area contributed by atoms with E-state index in [1.54, 1.807) is 0 Å². The number of nitrogens with zero attached hydrogens (tertiary/aromatic N) is 1. The van der Waals surface area contributed by atoms with Gasteiger partial charge in [0.2, 0.25) is 0 Å². The molecule has 1 atom stereocenters. The van der Waals surface area contributed by atoms with E-state index in [1.807, 2.05) is 0 Å². The smallest absolute Gasteiger partial charge is 0.0471 e. The molecule has 3 rings (SSSR count). The predicted octanol–water partition coefficient (Wildman–Crippen LogP) is 3.09. The second-order valence-electron chi connectivity index (χ2n) is 5.88. The van der Waals surface area contributed by atoms with Crippen molar-refractivity contribution in [1.82, 2.24) is 4.90 Å². The van der Waals surface area contributed by atoms with Crippen LogP contribution in [0.5, 0.6) is 0 Å². The molecule has 1 aliphatic heterocycles. The van der Waals surface area contributed by atoms with E-state index in [1.165, 1.54) is 22.8 Å². The summed E-state index contributed by atoms with van der Waals surface area (Å²) in [7, 11) is 0. The zero-order valence-corrected chi connectivity index (χ0v) is 12.0. The van der Waals surface area contributed by atoms with Crippen LogP contribution in [0.25, 0.3) is 10.8 Å². The number of fused-ring (bicyclic) bond motifs is 1. The van der Waals surface area contributed by atoms with Crippen molar-refractivity contribution in [3.05, 3.63) is 48.0 Å². The highest BCUT2D eigenvalue weighted by molar-refractivity contribution is 5.85. The summed E-state index contributed by atoms with van der Waals surface area (Å²) >= 11 is 0. The van der Waals surface area contributed by atoms with Crippen molar-refractivity contribution < 1.29 is 5.11 Å². The molecule has 0 aromatic heterocycles. The first-order valence-corrected chi connectivity index (χ1v) is 7.66. The Morgan fingerprint density at radius 1 is 1.10 bits per heavy atom. The second kappa shape index (κ2) is 6.38. The first-order chi connectivity index (χ1) is 9.86. The molecule has 0 aliphatic carbocycles. The van der Waals surface area contributed by atoms with Crippen LogP contribution in [-0.2, 0) is 6.42 Å². The molecule has 2 heteroatoms. The minimum Gasteiger partial charge on any atom is -0.396 e. The number of benzene rings is 2. The standard InChI is InChI=1S/C18H23NO/c20-14-15-10-12-19(13-15)11-4-8-17-7-3-6-16-5-1-2-9-18(16)17/h1-3,5-7,9,15,20H,4,8,10-14H2. The Morgan fingerprint density at radius 3 is 2.80 bits per heavy atom. The van der Waals surface area contributed by atoms with Crippen molar-refractivity contribution in [3.8, 4) is 0 Å². The van der Waals surface area contributed by atoms with Crippen LogP contribution in [0.15, 0.2) is 42.5 Å². The molecule has 1 N–H and O–H groups in total. The average molecular weight is 269 g/mol. The van der Waals surface area contributed by atoms with Crippen LogP contribution < -0.4 is 0 Å². The molecule has 1 saturated heterocycles. The minimum absolute atomic E-state index is 0.347. The Morgan fingerprint density at radius 2 is 1.95 bits per heavy atom. The van der Waals surface area contributed by atoms with E-state index in [0.717, 1.165) is 32.5 Å². The SMILES string of the molecule is OCC1CCN(CCCc2cccc3ccccc23)C1. The van der Waals surface area contributed by atoms with Gasteiger partial charge in [-0.25, -0.2) is 0 Å². The molecule has 0 amide bonds. The molecule has 1 fully saturated rings. The molecule has 0 bridgehead atoms. The van der Waals surface area contributed by atoms with Gasteiger partial charge in [-0.05, 0) is 54.6 Å². The molecule has 106 valence electrons. The molecule has 1 heterocycles. The maximum atomic E-state index is 9.18. The van der Waals surface area contributed by atoms with Gasteiger partial charge in [0.05, 0.1) is 0 Å². The molecule has 0 spiro atoms. The third-order valence-electron chi connectivity index (χ3n) is 4.43. The van der Waals surface area contributed by atoms with Crippen LogP contribution in [0, 0.1) is 5.92 Å². The highest BCUT2D eigenvalue weighted by atomic mass is 16.3. The lowest BCUT2D eigenvalue weighted by Crippen LogP contribution is -2.23. The van der Waals surface area contributed by atoms with Gasteiger partial charge in [-0.3, -0.25) is 0 Å². The van der Waals surface area contributed by atoms with Gasteiger partial charge in [-0.2, -0.15) is 0 Å². The number of aryl methyl sites for hydroxylation is 1. The second-order valence-corrected chi connectivity index (χ2v) is 5.88. The summed E-state index contributed by atoms with van der Waals surface area (Å²) in [5, 5.41) is 11.9. The number of hydrogen-bond donors (Lipinski definition) is 1. The normalized spacial score (nSPS) is 19.8. The van der Waals surface area contributed by atoms with E-state index in [0.29, 0.717) is 12.5 Å². The fourth-order valence-corrected chi connectivity index (χ4v) is 3.27. The Bertz CT molecular complexity index is 561. The fourth-order valence-electron chi connectivity index (χ4n) is 3.27. The van der Waals surface area contributed by atoms with Crippen molar-refractivity contribution >= 4 is 10.8 Å². The quantitative estimate of drug-likeness (QED) is 0.901. The van der Waals surface area contributed by atoms with E-state index >= 15 is 0 Å². The van der Waals surface area contributed by atoms with Gasteiger partial charge in [0.15, 0.2) is 0 Å². The first-order valence-electron chi connectivity index (χ1n) is 7.66. The molecule has 2 aromatic carbocycles. The lowest BCUT2D eigenvalue weighted by Gasteiger charge is -2.15. The van der Waals surface area contributed by atoms with Crippen molar-refractivity contribution in [2.75, 3.05) is 26.2 Å². The lowest BCUT2D eigenvalue weighted by atomic mass is 10.0. The summed E-state index contributed by atoms with van der Waals surface area (Å²) in [4.78, 5) is 2.49. The van der Waals surface area contributed by atoms with Crippen LogP contribution in [0.2, 0.25) is 0 Å². The third-order valence-corrected chi connectivity index (χ3v) is 4.43. The number of hydrogen-bond acceptors (Lipinski definition) is 2. The summed E-state index contributed by atoms with van der Waals surface area (Å²) in [5.74, 6) is 0.507. The Labute approximate surface area is 121 Å². The van der Waals surface area contributed by atoms with Crippen LogP contribution in [0.4, 0.5) is 0 Å². The van der Waals surface area contributed by atoms with Gasteiger partial charge < -0.3 is 10.0 Å². The topological polar surface area (TPSA) is 23.5 Å². The summed E-state index contributed by atoms with van der Waals surface area (Å²) in [6.07, 6.45) is 3.50. The predicted molar refractivity (Wildman–Crippen MR) is 83.9 cm³/mol. The third kappa shape index (κ3) is 3.02. The molecular formula is C18H23NO. The number of aliphatic hydroxyl groups excluding tert-OH is 1. The van der Waals surface area contributed by atoms with Crippen molar-refractivity contribution in [3.63, 3.8) is 0 Å². The monoisotopic (exact) mass is 269 g/mol. The van der Waals surface area contributed by atoms with E-state index < -0.39 is 0 Å². The van der Waals surface area contributed by atoms with E-state index in [2.05, 4.69) is 47.4 Å².